The van der Waals surface area contributed by atoms with E-state index in [1.165, 1.54) is 33.5 Å². The van der Waals surface area contributed by atoms with E-state index in [4.69, 9.17) is 0 Å². The number of anilines is 1. The number of thiophene rings is 1. The van der Waals surface area contributed by atoms with Crippen LogP contribution in [0.4, 0.5) is 5.13 Å². The summed E-state index contributed by atoms with van der Waals surface area (Å²) in [7, 11) is 0. The summed E-state index contributed by atoms with van der Waals surface area (Å²) in [5.41, 5.74) is 1.19. The number of nitrogens with one attached hydrogen (secondary N) is 1. The van der Waals surface area contributed by atoms with Crippen molar-refractivity contribution in [2.75, 3.05) is 11.1 Å². The lowest BCUT2D eigenvalue weighted by molar-refractivity contribution is -0.113. The number of aryl methyl sites for hydroxylation is 3. The Kier molecular flexibility index (Phi) is 4.42. The van der Waals surface area contributed by atoms with Crippen molar-refractivity contribution in [1.82, 2.24) is 15.0 Å². The third-order valence-corrected chi connectivity index (χ3v) is 6.07. The van der Waals surface area contributed by atoms with Gasteiger partial charge >= 0.3 is 0 Å². The van der Waals surface area contributed by atoms with E-state index < -0.39 is 0 Å². The molecule has 0 unspecified atom stereocenters. The molecule has 0 radical (unpaired) electrons. The van der Waals surface area contributed by atoms with Crippen LogP contribution in [0, 0.1) is 20.8 Å². The molecule has 3 aromatic rings. The molecule has 0 aliphatic heterocycles. The second-order valence-corrected chi connectivity index (χ2v) is 8.16. The molecular weight excluding hydrogens is 336 g/mol. The monoisotopic (exact) mass is 350 g/mol. The lowest BCUT2D eigenvalue weighted by Gasteiger charge is -2.03. The fraction of sp³-hybridized carbons (Fsp3) is 0.286. The van der Waals surface area contributed by atoms with Gasteiger partial charge in [0.05, 0.1) is 5.75 Å². The first kappa shape index (κ1) is 15.4. The minimum absolute atomic E-state index is 0.0734. The van der Waals surface area contributed by atoms with Crippen LogP contribution in [-0.4, -0.2) is 26.6 Å². The Morgan fingerprint density at radius 2 is 2.05 bits per heavy atom. The fourth-order valence-electron chi connectivity index (χ4n) is 1.96. The van der Waals surface area contributed by atoms with Crippen LogP contribution in [0.15, 0.2) is 17.6 Å². The smallest absolute Gasteiger partial charge is 0.236 e. The Bertz CT molecular complexity index is 840. The Morgan fingerprint density at radius 3 is 2.77 bits per heavy atom. The van der Waals surface area contributed by atoms with E-state index in [1.54, 1.807) is 23.9 Å². The van der Waals surface area contributed by atoms with Gasteiger partial charge in [-0.15, -0.1) is 22.7 Å². The standard InChI is InChI=1S/C14H14N4OS3/c1-7-4-15-14(21-7)18-10(19)5-20-12-11-8(2)9(3)22-13(11)17-6-16-12/h4,6H,5H2,1-3H3,(H,15,18,19). The summed E-state index contributed by atoms with van der Waals surface area (Å²) in [6.45, 7) is 6.11. The molecule has 3 heterocycles. The van der Waals surface area contributed by atoms with Crippen LogP contribution < -0.4 is 5.32 Å². The molecule has 0 aliphatic rings. The summed E-state index contributed by atoms with van der Waals surface area (Å²) in [5.74, 6) is 0.231. The van der Waals surface area contributed by atoms with E-state index >= 15 is 0 Å². The van der Waals surface area contributed by atoms with E-state index in [2.05, 4.69) is 34.1 Å². The Balaban J connectivity index is 1.72. The van der Waals surface area contributed by atoms with Crippen LogP contribution in [0.25, 0.3) is 10.2 Å². The highest BCUT2D eigenvalue weighted by Crippen LogP contribution is 2.34. The molecule has 0 spiro atoms. The lowest BCUT2D eigenvalue weighted by Crippen LogP contribution is -2.13. The number of carbonyl (C=O) groups excluding carboxylic acids is 1. The highest BCUT2D eigenvalue weighted by molar-refractivity contribution is 8.00. The predicted octanol–water partition coefficient (Wildman–Crippen LogP) is 3.80. The van der Waals surface area contributed by atoms with Gasteiger partial charge in [-0.3, -0.25) is 4.79 Å². The second kappa shape index (κ2) is 6.31. The summed E-state index contributed by atoms with van der Waals surface area (Å²) < 4.78 is 0. The number of hydrogen-bond donors (Lipinski definition) is 1. The van der Waals surface area contributed by atoms with Crippen LogP contribution in [0.1, 0.15) is 15.3 Å². The third-order valence-electron chi connectivity index (χ3n) is 3.14. The molecule has 0 atom stereocenters. The van der Waals surface area contributed by atoms with Crippen LogP contribution in [0.3, 0.4) is 0 Å². The van der Waals surface area contributed by atoms with Crippen molar-refractivity contribution in [3.63, 3.8) is 0 Å². The fourth-order valence-corrected chi connectivity index (χ4v) is 4.56. The minimum Gasteiger partial charge on any atom is -0.301 e. The average molecular weight is 350 g/mol. The van der Waals surface area contributed by atoms with Gasteiger partial charge in [0.15, 0.2) is 5.13 Å². The van der Waals surface area contributed by atoms with Crippen LogP contribution in [0.2, 0.25) is 0 Å². The van der Waals surface area contributed by atoms with Gasteiger partial charge in [0.1, 0.15) is 16.2 Å². The van der Waals surface area contributed by atoms with Gasteiger partial charge < -0.3 is 5.32 Å². The molecule has 1 N–H and O–H groups in total. The van der Waals surface area contributed by atoms with Crippen LogP contribution in [0.5, 0.6) is 0 Å². The molecule has 0 saturated heterocycles. The Morgan fingerprint density at radius 1 is 1.23 bits per heavy atom. The Labute approximate surface area is 140 Å². The molecule has 0 bridgehead atoms. The predicted molar refractivity (Wildman–Crippen MR) is 93.1 cm³/mol. The third kappa shape index (κ3) is 3.13. The second-order valence-electron chi connectivity index (χ2n) is 4.76. The van der Waals surface area contributed by atoms with Gasteiger partial charge in [-0.05, 0) is 26.3 Å². The molecule has 8 heteroatoms. The highest BCUT2D eigenvalue weighted by atomic mass is 32.2. The Hall–Kier alpha value is -1.51. The van der Waals surface area contributed by atoms with Crippen molar-refractivity contribution >= 4 is 55.7 Å². The highest BCUT2D eigenvalue weighted by Gasteiger charge is 2.14. The van der Waals surface area contributed by atoms with E-state index in [-0.39, 0.29) is 5.91 Å². The number of nitrogens with zero attached hydrogens (tertiary/aromatic N) is 3. The summed E-state index contributed by atoms with van der Waals surface area (Å²) >= 11 is 4.56. The molecule has 0 aliphatic carbocycles. The number of carbonyl (C=O) groups is 1. The van der Waals surface area contributed by atoms with Gasteiger partial charge in [0.2, 0.25) is 5.91 Å². The maximum atomic E-state index is 12.0. The number of aromatic nitrogens is 3. The maximum absolute atomic E-state index is 12.0. The molecule has 3 aromatic heterocycles. The molecule has 114 valence electrons. The summed E-state index contributed by atoms with van der Waals surface area (Å²) in [4.78, 5) is 28.1. The van der Waals surface area contributed by atoms with Gasteiger partial charge in [-0.25, -0.2) is 15.0 Å². The number of amides is 1. The molecule has 0 fully saturated rings. The number of fused-ring (bicyclic) bond motifs is 1. The van der Waals surface area contributed by atoms with Gasteiger partial charge in [0.25, 0.3) is 0 Å². The average Bonchev–Trinajstić information content (AvgIpc) is 3.01. The first-order valence-corrected chi connectivity index (χ1v) is 9.22. The number of thiazole rings is 1. The molecule has 22 heavy (non-hydrogen) atoms. The molecule has 1 amide bonds. The van der Waals surface area contributed by atoms with Gasteiger partial charge in [-0.1, -0.05) is 11.8 Å². The van der Waals surface area contributed by atoms with Crippen molar-refractivity contribution < 1.29 is 4.79 Å². The zero-order chi connectivity index (χ0) is 15.7. The number of thioether (sulfide) groups is 1. The zero-order valence-corrected chi connectivity index (χ0v) is 14.8. The van der Waals surface area contributed by atoms with E-state index in [0.717, 1.165) is 20.1 Å². The molecule has 3 rings (SSSR count). The minimum atomic E-state index is -0.0734. The van der Waals surface area contributed by atoms with Crippen LogP contribution >= 0.6 is 34.4 Å². The lowest BCUT2D eigenvalue weighted by atomic mass is 10.2. The first-order chi connectivity index (χ1) is 10.5. The summed E-state index contributed by atoms with van der Waals surface area (Å²) in [6.07, 6.45) is 3.31. The van der Waals surface area contributed by atoms with E-state index in [1.807, 2.05) is 6.92 Å². The van der Waals surface area contributed by atoms with Crippen molar-refractivity contribution in [3.8, 4) is 0 Å². The number of hydrogen-bond acceptors (Lipinski definition) is 7. The van der Waals surface area contributed by atoms with Gasteiger partial charge in [-0.2, -0.15) is 0 Å². The molecule has 5 nitrogen and oxygen atoms in total. The molecular formula is C14H14N4OS3. The first-order valence-electron chi connectivity index (χ1n) is 6.60. The largest absolute Gasteiger partial charge is 0.301 e. The van der Waals surface area contributed by atoms with Gasteiger partial charge in [0, 0.05) is 21.3 Å². The van der Waals surface area contributed by atoms with Crippen LogP contribution in [-0.2, 0) is 4.79 Å². The van der Waals surface area contributed by atoms with Crippen molar-refractivity contribution in [3.05, 3.63) is 27.8 Å². The molecule has 0 aromatic carbocycles. The van der Waals surface area contributed by atoms with Crippen molar-refractivity contribution in [1.29, 1.82) is 0 Å². The topological polar surface area (TPSA) is 67.8 Å². The van der Waals surface area contributed by atoms with Crippen molar-refractivity contribution in [2.45, 2.75) is 25.8 Å². The quantitative estimate of drug-likeness (QED) is 0.572. The number of rotatable bonds is 4. The maximum Gasteiger partial charge on any atom is 0.236 e. The van der Waals surface area contributed by atoms with E-state index in [9.17, 15) is 4.79 Å². The normalized spacial score (nSPS) is 11.0. The SMILES string of the molecule is Cc1cnc(NC(=O)CSc2ncnc3sc(C)c(C)c23)s1. The zero-order valence-electron chi connectivity index (χ0n) is 12.3. The summed E-state index contributed by atoms with van der Waals surface area (Å²) in [6, 6.07) is 0. The molecule has 0 saturated carbocycles. The summed E-state index contributed by atoms with van der Waals surface area (Å²) in [5, 5.41) is 5.37. The van der Waals surface area contributed by atoms with Crippen molar-refractivity contribution in [2.24, 2.45) is 0 Å². The van der Waals surface area contributed by atoms with E-state index in [0.29, 0.717) is 10.9 Å².